The van der Waals surface area contributed by atoms with Crippen LogP contribution in [0.4, 0.5) is 0 Å². The summed E-state index contributed by atoms with van der Waals surface area (Å²) in [4.78, 5) is 6.96. The number of nitrogens with one attached hydrogen (secondary N) is 2. The van der Waals surface area contributed by atoms with E-state index in [0.717, 1.165) is 48.9 Å². The number of aromatic nitrogens is 1. The Balaban J connectivity index is 0.00000289. The standard InChI is InChI=1S/C25H31N5O.HI/c1-19-15-22(13-14-30(19)18-20-9-5-3-6-10-20)28-25(26-2)27-17-23-16-24(31-29-23)21-11-7-4-8-12-21;/h3-12,16,19,22H,13-15,17-18H2,1-2H3,(H2,26,27,28);1H. The van der Waals surface area contributed by atoms with Gasteiger partial charge in [0.1, 0.15) is 5.69 Å². The van der Waals surface area contributed by atoms with Crippen LogP contribution in [0.3, 0.4) is 0 Å². The molecule has 2 heterocycles. The first-order valence-electron chi connectivity index (χ1n) is 11.0. The van der Waals surface area contributed by atoms with E-state index in [-0.39, 0.29) is 24.0 Å². The van der Waals surface area contributed by atoms with Crippen LogP contribution >= 0.6 is 24.0 Å². The largest absolute Gasteiger partial charge is 0.356 e. The molecule has 1 saturated heterocycles. The van der Waals surface area contributed by atoms with E-state index in [1.54, 1.807) is 0 Å². The third-order valence-corrected chi connectivity index (χ3v) is 5.86. The van der Waals surface area contributed by atoms with Crippen LogP contribution in [0.5, 0.6) is 0 Å². The van der Waals surface area contributed by atoms with Gasteiger partial charge < -0.3 is 15.2 Å². The Kier molecular flexibility index (Phi) is 9.11. The molecule has 7 heteroatoms. The Morgan fingerprint density at radius 3 is 2.53 bits per heavy atom. The van der Waals surface area contributed by atoms with Crippen molar-refractivity contribution in [2.45, 2.75) is 44.9 Å². The maximum Gasteiger partial charge on any atom is 0.191 e. The van der Waals surface area contributed by atoms with Crippen molar-refractivity contribution >= 4 is 29.9 Å². The monoisotopic (exact) mass is 545 g/mol. The summed E-state index contributed by atoms with van der Waals surface area (Å²) in [5, 5.41) is 11.1. The summed E-state index contributed by atoms with van der Waals surface area (Å²) in [5.74, 6) is 1.58. The normalized spacial score (nSPS) is 19.2. The SMILES string of the molecule is CN=C(NCc1cc(-c2ccccc2)on1)NC1CCN(Cc2ccccc2)C(C)C1.I. The summed E-state index contributed by atoms with van der Waals surface area (Å²) in [7, 11) is 1.81. The molecule has 2 unspecified atom stereocenters. The van der Waals surface area contributed by atoms with Crippen molar-refractivity contribution < 1.29 is 4.52 Å². The number of aliphatic imine (C=N–C) groups is 1. The van der Waals surface area contributed by atoms with Gasteiger partial charge in [0.2, 0.25) is 0 Å². The lowest BCUT2D eigenvalue weighted by atomic mass is 9.97. The molecule has 1 fully saturated rings. The van der Waals surface area contributed by atoms with E-state index in [0.29, 0.717) is 18.6 Å². The average molecular weight is 545 g/mol. The van der Waals surface area contributed by atoms with E-state index in [1.165, 1.54) is 5.56 Å². The summed E-state index contributed by atoms with van der Waals surface area (Å²) in [5.41, 5.74) is 3.26. The number of benzene rings is 2. The van der Waals surface area contributed by atoms with Gasteiger partial charge in [-0.1, -0.05) is 65.8 Å². The van der Waals surface area contributed by atoms with Gasteiger partial charge in [0.05, 0.1) is 6.54 Å². The van der Waals surface area contributed by atoms with Crippen LogP contribution in [0, 0.1) is 0 Å². The number of rotatable bonds is 6. The fraction of sp³-hybridized carbons (Fsp3) is 0.360. The zero-order valence-corrected chi connectivity index (χ0v) is 21.0. The van der Waals surface area contributed by atoms with E-state index in [1.807, 2.05) is 43.4 Å². The maximum atomic E-state index is 5.49. The Bertz CT molecular complexity index is 976. The molecular weight excluding hydrogens is 513 g/mol. The minimum Gasteiger partial charge on any atom is -0.356 e. The van der Waals surface area contributed by atoms with Crippen molar-refractivity contribution in [3.63, 3.8) is 0 Å². The van der Waals surface area contributed by atoms with Crippen LogP contribution in [0.25, 0.3) is 11.3 Å². The van der Waals surface area contributed by atoms with Crippen LogP contribution in [0.2, 0.25) is 0 Å². The van der Waals surface area contributed by atoms with Crippen LogP contribution in [0.1, 0.15) is 31.0 Å². The number of halogens is 1. The van der Waals surface area contributed by atoms with E-state index >= 15 is 0 Å². The molecule has 0 amide bonds. The molecule has 2 aromatic carbocycles. The molecule has 0 radical (unpaired) electrons. The average Bonchev–Trinajstić information content (AvgIpc) is 3.29. The highest BCUT2D eigenvalue weighted by atomic mass is 127. The molecule has 32 heavy (non-hydrogen) atoms. The third kappa shape index (κ3) is 6.56. The van der Waals surface area contributed by atoms with Crippen molar-refractivity contribution in [1.29, 1.82) is 0 Å². The highest BCUT2D eigenvalue weighted by molar-refractivity contribution is 14.0. The first-order chi connectivity index (χ1) is 15.2. The molecule has 0 aliphatic carbocycles. The number of hydrogen-bond donors (Lipinski definition) is 2. The molecule has 1 aliphatic heterocycles. The van der Waals surface area contributed by atoms with Gasteiger partial charge in [-0.3, -0.25) is 9.89 Å². The van der Waals surface area contributed by atoms with E-state index in [4.69, 9.17) is 4.52 Å². The Hall–Kier alpha value is -2.39. The molecule has 0 saturated carbocycles. The number of guanidine groups is 1. The summed E-state index contributed by atoms with van der Waals surface area (Å²) < 4.78 is 5.49. The zero-order valence-electron chi connectivity index (χ0n) is 18.7. The molecule has 1 aromatic heterocycles. The molecule has 4 rings (SSSR count). The second-order valence-electron chi connectivity index (χ2n) is 8.15. The topological polar surface area (TPSA) is 65.7 Å². The molecule has 170 valence electrons. The lowest BCUT2D eigenvalue weighted by Gasteiger charge is -2.38. The second kappa shape index (κ2) is 12.0. The van der Waals surface area contributed by atoms with Crippen molar-refractivity contribution in [1.82, 2.24) is 20.7 Å². The second-order valence-corrected chi connectivity index (χ2v) is 8.15. The number of nitrogens with zero attached hydrogens (tertiary/aromatic N) is 3. The van der Waals surface area contributed by atoms with Crippen molar-refractivity contribution in [3.8, 4) is 11.3 Å². The minimum absolute atomic E-state index is 0. The number of likely N-dealkylation sites (tertiary alicyclic amines) is 1. The number of hydrogen-bond acceptors (Lipinski definition) is 4. The molecule has 1 aliphatic rings. The lowest BCUT2D eigenvalue weighted by Crippen LogP contribution is -2.51. The quantitative estimate of drug-likeness (QED) is 0.268. The third-order valence-electron chi connectivity index (χ3n) is 5.86. The van der Waals surface area contributed by atoms with Gasteiger partial charge in [0.15, 0.2) is 11.7 Å². The summed E-state index contributed by atoms with van der Waals surface area (Å²) in [6.07, 6.45) is 2.19. The van der Waals surface area contributed by atoms with Gasteiger partial charge in [0.25, 0.3) is 0 Å². The predicted octanol–water partition coefficient (Wildman–Crippen LogP) is 4.68. The summed E-state index contributed by atoms with van der Waals surface area (Å²) in [6.45, 7) is 4.97. The molecule has 2 atom stereocenters. The molecule has 2 N–H and O–H groups in total. The van der Waals surface area contributed by atoms with Crippen molar-refractivity contribution in [2.75, 3.05) is 13.6 Å². The van der Waals surface area contributed by atoms with Gasteiger partial charge in [-0.25, -0.2) is 0 Å². The van der Waals surface area contributed by atoms with Crippen LogP contribution in [-0.4, -0.2) is 41.7 Å². The van der Waals surface area contributed by atoms with Crippen LogP contribution in [0.15, 0.2) is 76.2 Å². The highest BCUT2D eigenvalue weighted by Gasteiger charge is 2.26. The summed E-state index contributed by atoms with van der Waals surface area (Å²) >= 11 is 0. The van der Waals surface area contributed by atoms with Gasteiger partial charge in [-0.15, -0.1) is 24.0 Å². The van der Waals surface area contributed by atoms with Crippen LogP contribution < -0.4 is 10.6 Å². The molecule has 6 nitrogen and oxygen atoms in total. The molecule has 0 bridgehead atoms. The Morgan fingerprint density at radius 2 is 1.84 bits per heavy atom. The van der Waals surface area contributed by atoms with Crippen molar-refractivity contribution in [2.24, 2.45) is 4.99 Å². The van der Waals surface area contributed by atoms with Gasteiger partial charge >= 0.3 is 0 Å². The number of piperidine rings is 1. The van der Waals surface area contributed by atoms with Gasteiger partial charge in [-0.2, -0.15) is 0 Å². The fourth-order valence-electron chi connectivity index (χ4n) is 4.10. The Morgan fingerprint density at radius 1 is 1.12 bits per heavy atom. The first kappa shape index (κ1) is 24.3. The van der Waals surface area contributed by atoms with Crippen molar-refractivity contribution in [3.05, 3.63) is 78.0 Å². The highest BCUT2D eigenvalue weighted by Crippen LogP contribution is 2.21. The first-order valence-corrected chi connectivity index (χ1v) is 11.0. The Labute approximate surface area is 207 Å². The lowest BCUT2D eigenvalue weighted by molar-refractivity contribution is 0.134. The summed E-state index contributed by atoms with van der Waals surface area (Å²) in [6, 6.07) is 23.6. The smallest absolute Gasteiger partial charge is 0.191 e. The van der Waals surface area contributed by atoms with E-state index < -0.39 is 0 Å². The predicted molar refractivity (Wildman–Crippen MR) is 140 cm³/mol. The molecular formula is C25H32IN5O. The maximum absolute atomic E-state index is 5.49. The van der Waals surface area contributed by atoms with Gasteiger partial charge in [-0.05, 0) is 25.3 Å². The van der Waals surface area contributed by atoms with E-state index in [9.17, 15) is 0 Å². The molecule has 3 aromatic rings. The molecule has 0 spiro atoms. The zero-order chi connectivity index (χ0) is 21.5. The minimum atomic E-state index is 0. The van der Waals surface area contributed by atoms with Crippen LogP contribution in [-0.2, 0) is 13.1 Å². The van der Waals surface area contributed by atoms with E-state index in [2.05, 4.69) is 62.9 Å². The fourth-order valence-corrected chi connectivity index (χ4v) is 4.10. The van der Waals surface area contributed by atoms with Gasteiger partial charge in [0, 0.05) is 43.9 Å².